The summed E-state index contributed by atoms with van der Waals surface area (Å²) in [6.45, 7) is -1.42. The summed E-state index contributed by atoms with van der Waals surface area (Å²) in [4.78, 5) is 12.5. The monoisotopic (exact) mass is 411 g/mol. The fourth-order valence-electron chi connectivity index (χ4n) is 2.62. The molecule has 3 rings (SSSR count). The molecule has 0 spiro atoms. The minimum atomic E-state index is -4.50. The number of nitrogens with zero attached hydrogens (tertiary/aromatic N) is 2. The molecule has 0 saturated carbocycles. The molecule has 29 heavy (non-hydrogen) atoms. The molecule has 0 fully saturated rings. The minimum Gasteiger partial charge on any atom is -0.435 e. The van der Waals surface area contributed by atoms with Gasteiger partial charge in [-0.05, 0) is 49.4 Å². The van der Waals surface area contributed by atoms with Crippen LogP contribution in [0.5, 0.6) is 5.75 Å². The van der Waals surface area contributed by atoms with Crippen molar-refractivity contribution in [3.05, 3.63) is 71.5 Å². The highest BCUT2D eigenvalue weighted by Crippen LogP contribution is 2.30. The second-order valence-corrected chi connectivity index (χ2v) is 5.96. The van der Waals surface area contributed by atoms with Gasteiger partial charge in [0, 0.05) is 5.69 Å². The summed E-state index contributed by atoms with van der Waals surface area (Å²) in [7, 11) is 0. The molecule has 0 aliphatic heterocycles. The lowest BCUT2D eigenvalue weighted by atomic mass is 10.2. The van der Waals surface area contributed by atoms with Crippen molar-refractivity contribution in [2.24, 2.45) is 0 Å². The summed E-state index contributed by atoms with van der Waals surface area (Å²) < 4.78 is 68.5. The number of rotatable bonds is 5. The molecule has 10 heteroatoms. The molecule has 1 heterocycles. The number of benzene rings is 2. The number of ether oxygens (including phenoxy) is 1. The lowest BCUT2D eigenvalue weighted by Crippen LogP contribution is -2.13. The van der Waals surface area contributed by atoms with Crippen molar-refractivity contribution in [3.8, 4) is 11.4 Å². The summed E-state index contributed by atoms with van der Waals surface area (Å²) in [5.74, 6) is -0.616. The van der Waals surface area contributed by atoms with E-state index in [0.29, 0.717) is 11.4 Å². The van der Waals surface area contributed by atoms with Gasteiger partial charge in [-0.15, -0.1) is 0 Å². The van der Waals surface area contributed by atoms with E-state index in [4.69, 9.17) is 0 Å². The largest absolute Gasteiger partial charge is 0.435 e. The van der Waals surface area contributed by atoms with E-state index >= 15 is 0 Å². The van der Waals surface area contributed by atoms with E-state index in [9.17, 15) is 26.7 Å². The standard InChI is InChI=1S/C19H14F5N3O2/c1-11-16(17(28)26-13-5-7-15(8-6-13)29-18(20)21)10-25-27(11)14-4-2-3-12(9-14)19(22,23)24/h2-10,18H,1H3,(H,26,28). The number of carbonyl (C=O) groups is 1. The first-order valence-corrected chi connectivity index (χ1v) is 8.23. The van der Waals surface area contributed by atoms with E-state index < -0.39 is 24.3 Å². The molecule has 0 aliphatic carbocycles. The maximum Gasteiger partial charge on any atom is 0.416 e. The lowest BCUT2D eigenvalue weighted by Gasteiger charge is -2.10. The maximum absolute atomic E-state index is 12.9. The van der Waals surface area contributed by atoms with E-state index in [1.807, 2.05) is 0 Å². The van der Waals surface area contributed by atoms with Crippen molar-refractivity contribution >= 4 is 11.6 Å². The highest BCUT2D eigenvalue weighted by molar-refractivity contribution is 6.05. The van der Waals surface area contributed by atoms with Gasteiger partial charge in [-0.1, -0.05) is 6.07 Å². The number of anilines is 1. The Morgan fingerprint density at radius 1 is 1.14 bits per heavy atom. The van der Waals surface area contributed by atoms with E-state index in [-0.39, 0.29) is 17.0 Å². The van der Waals surface area contributed by atoms with Gasteiger partial charge in [0.1, 0.15) is 5.75 Å². The molecule has 0 saturated heterocycles. The van der Waals surface area contributed by atoms with Gasteiger partial charge in [0.15, 0.2) is 0 Å². The smallest absolute Gasteiger partial charge is 0.416 e. The molecule has 3 aromatic rings. The average molecular weight is 411 g/mol. The van der Waals surface area contributed by atoms with Gasteiger partial charge < -0.3 is 10.1 Å². The van der Waals surface area contributed by atoms with E-state index in [2.05, 4.69) is 15.2 Å². The second-order valence-electron chi connectivity index (χ2n) is 5.96. The number of alkyl halides is 5. The van der Waals surface area contributed by atoms with Gasteiger partial charge >= 0.3 is 12.8 Å². The molecular formula is C19H14F5N3O2. The van der Waals surface area contributed by atoms with Gasteiger partial charge in [0.05, 0.1) is 28.7 Å². The predicted octanol–water partition coefficient (Wildman–Crippen LogP) is 5.05. The van der Waals surface area contributed by atoms with E-state index in [1.54, 1.807) is 6.92 Å². The first-order valence-electron chi connectivity index (χ1n) is 8.23. The van der Waals surface area contributed by atoms with Crippen molar-refractivity contribution in [2.75, 3.05) is 5.32 Å². The highest BCUT2D eigenvalue weighted by atomic mass is 19.4. The van der Waals surface area contributed by atoms with Gasteiger partial charge in [-0.25, -0.2) is 4.68 Å². The van der Waals surface area contributed by atoms with Gasteiger partial charge in [0.2, 0.25) is 0 Å². The number of amides is 1. The van der Waals surface area contributed by atoms with Crippen molar-refractivity contribution in [2.45, 2.75) is 19.7 Å². The summed E-state index contributed by atoms with van der Waals surface area (Å²) in [5, 5.41) is 6.57. The van der Waals surface area contributed by atoms with Crippen LogP contribution in [0.1, 0.15) is 21.6 Å². The Bertz CT molecular complexity index is 1010. The molecule has 5 nitrogen and oxygen atoms in total. The SMILES string of the molecule is Cc1c(C(=O)Nc2ccc(OC(F)F)cc2)cnn1-c1cccc(C(F)(F)F)c1. The Balaban J connectivity index is 1.79. The van der Waals surface area contributed by atoms with Crippen molar-refractivity contribution in [3.63, 3.8) is 0 Å². The Kier molecular flexibility index (Phi) is 5.53. The zero-order valence-corrected chi connectivity index (χ0v) is 14.9. The Labute approximate surface area is 161 Å². The summed E-state index contributed by atoms with van der Waals surface area (Å²) in [5.41, 5.74) is 0.129. The summed E-state index contributed by atoms with van der Waals surface area (Å²) in [6, 6.07) is 9.85. The second kappa shape index (κ2) is 7.90. The van der Waals surface area contributed by atoms with Gasteiger partial charge in [-0.3, -0.25) is 4.79 Å². The van der Waals surface area contributed by atoms with Crippen LogP contribution in [0.25, 0.3) is 5.69 Å². The molecule has 1 aromatic heterocycles. The van der Waals surface area contributed by atoms with E-state index in [1.165, 1.54) is 47.3 Å². The quantitative estimate of drug-likeness (QED) is 0.598. The minimum absolute atomic E-state index is 0.0634. The molecule has 0 bridgehead atoms. The van der Waals surface area contributed by atoms with Crippen LogP contribution < -0.4 is 10.1 Å². The number of carbonyl (C=O) groups excluding carboxylic acids is 1. The van der Waals surface area contributed by atoms with Crippen LogP contribution in [0.15, 0.2) is 54.7 Å². The molecular weight excluding hydrogens is 397 g/mol. The average Bonchev–Trinajstić information content (AvgIpc) is 3.04. The van der Waals surface area contributed by atoms with Gasteiger partial charge in [0.25, 0.3) is 5.91 Å². The molecule has 0 atom stereocenters. The third-order valence-electron chi connectivity index (χ3n) is 4.01. The van der Waals surface area contributed by atoms with Crippen LogP contribution in [0, 0.1) is 6.92 Å². The molecule has 2 aromatic carbocycles. The van der Waals surface area contributed by atoms with Crippen LogP contribution in [0.4, 0.5) is 27.6 Å². The van der Waals surface area contributed by atoms with Crippen LogP contribution >= 0.6 is 0 Å². The number of nitrogens with one attached hydrogen (secondary N) is 1. The molecule has 1 N–H and O–H groups in total. The Morgan fingerprint density at radius 3 is 2.45 bits per heavy atom. The molecule has 152 valence electrons. The van der Waals surface area contributed by atoms with Crippen LogP contribution in [-0.2, 0) is 6.18 Å². The molecule has 0 aliphatic rings. The normalized spacial score (nSPS) is 11.6. The third kappa shape index (κ3) is 4.71. The molecule has 1 amide bonds. The Morgan fingerprint density at radius 2 is 1.83 bits per heavy atom. The maximum atomic E-state index is 12.9. The number of halogens is 5. The molecule has 0 unspecified atom stereocenters. The zero-order valence-electron chi connectivity index (χ0n) is 14.9. The number of hydrogen-bond acceptors (Lipinski definition) is 3. The third-order valence-corrected chi connectivity index (χ3v) is 4.01. The van der Waals surface area contributed by atoms with Crippen molar-refractivity contribution in [1.29, 1.82) is 0 Å². The van der Waals surface area contributed by atoms with Crippen LogP contribution in [-0.4, -0.2) is 22.3 Å². The van der Waals surface area contributed by atoms with Gasteiger partial charge in [-0.2, -0.15) is 27.1 Å². The van der Waals surface area contributed by atoms with Crippen molar-refractivity contribution in [1.82, 2.24) is 9.78 Å². The molecule has 0 radical (unpaired) electrons. The summed E-state index contributed by atoms with van der Waals surface area (Å²) in [6.07, 6.45) is -3.27. The van der Waals surface area contributed by atoms with E-state index in [0.717, 1.165) is 12.1 Å². The lowest BCUT2D eigenvalue weighted by molar-refractivity contribution is -0.137. The number of hydrogen-bond donors (Lipinski definition) is 1. The fourth-order valence-corrected chi connectivity index (χ4v) is 2.62. The van der Waals surface area contributed by atoms with Crippen LogP contribution in [0.3, 0.4) is 0 Å². The first kappa shape index (κ1) is 20.3. The zero-order chi connectivity index (χ0) is 21.2. The Hall–Kier alpha value is -3.43. The number of aromatic nitrogens is 2. The summed E-state index contributed by atoms with van der Waals surface area (Å²) >= 11 is 0. The highest BCUT2D eigenvalue weighted by Gasteiger charge is 2.30. The fraction of sp³-hybridized carbons (Fsp3) is 0.158. The van der Waals surface area contributed by atoms with Crippen LogP contribution in [0.2, 0.25) is 0 Å². The topological polar surface area (TPSA) is 56.1 Å². The van der Waals surface area contributed by atoms with Crippen molar-refractivity contribution < 1.29 is 31.5 Å². The first-order chi connectivity index (χ1) is 13.6. The predicted molar refractivity (Wildman–Crippen MR) is 94.3 cm³/mol.